The number of carbonyl (C=O) groups excluding carboxylic acids is 1. The Morgan fingerprint density at radius 3 is 2.70 bits per heavy atom. The smallest absolute Gasteiger partial charge is 0.220 e. The van der Waals surface area contributed by atoms with Gasteiger partial charge in [0.05, 0.1) is 13.2 Å². The summed E-state index contributed by atoms with van der Waals surface area (Å²) < 4.78 is 11.4. The summed E-state index contributed by atoms with van der Waals surface area (Å²) in [5, 5.41) is 3.00. The Labute approximate surface area is 161 Å². The van der Waals surface area contributed by atoms with Crippen molar-refractivity contribution in [3.8, 4) is 11.5 Å². The van der Waals surface area contributed by atoms with Crippen LogP contribution in [0.5, 0.6) is 11.5 Å². The number of hydrogen-bond donors (Lipinski definition) is 1. The number of amides is 1. The molecule has 0 spiro atoms. The SMILES string of the molecule is COc1ccccc1CCNC(=O)CCc1cccc(OC2CCCC2)c1. The van der Waals surface area contributed by atoms with Crippen LogP contribution in [0.3, 0.4) is 0 Å². The zero-order chi connectivity index (χ0) is 18.9. The van der Waals surface area contributed by atoms with Crippen LogP contribution >= 0.6 is 0 Å². The molecule has 27 heavy (non-hydrogen) atoms. The van der Waals surface area contributed by atoms with Gasteiger partial charge >= 0.3 is 0 Å². The normalized spacial score (nSPS) is 14.1. The van der Waals surface area contributed by atoms with Crippen molar-refractivity contribution < 1.29 is 14.3 Å². The second-order valence-electron chi connectivity index (χ2n) is 7.08. The summed E-state index contributed by atoms with van der Waals surface area (Å²) >= 11 is 0. The Morgan fingerprint density at radius 2 is 1.89 bits per heavy atom. The van der Waals surface area contributed by atoms with Crippen molar-refractivity contribution in [2.45, 2.75) is 51.0 Å². The highest BCUT2D eigenvalue weighted by Gasteiger charge is 2.16. The maximum atomic E-state index is 12.2. The molecule has 0 aliphatic heterocycles. The van der Waals surface area contributed by atoms with Gasteiger partial charge in [-0.15, -0.1) is 0 Å². The van der Waals surface area contributed by atoms with Gasteiger partial charge < -0.3 is 14.8 Å². The lowest BCUT2D eigenvalue weighted by Gasteiger charge is -2.14. The van der Waals surface area contributed by atoms with E-state index in [0.29, 0.717) is 19.1 Å². The van der Waals surface area contributed by atoms with E-state index in [-0.39, 0.29) is 5.91 Å². The molecular formula is C23H29NO3. The molecule has 2 aromatic rings. The quantitative estimate of drug-likeness (QED) is 0.718. The second-order valence-corrected chi connectivity index (χ2v) is 7.08. The monoisotopic (exact) mass is 367 g/mol. The minimum absolute atomic E-state index is 0.0759. The Morgan fingerprint density at radius 1 is 1.07 bits per heavy atom. The molecule has 1 saturated carbocycles. The first kappa shape index (κ1) is 19.3. The van der Waals surface area contributed by atoms with Crippen LogP contribution in [-0.2, 0) is 17.6 Å². The van der Waals surface area contributed by atoms with E-state index in [4.69, 9.17) is 9.47 Å². The van der Waals surface area contributed by atoms with E-state index >= 15 is 0 Å². The molecule has 4 heteroatoms. The fourth-order valence-electron chi connectivity index (χ4n) is 3.57. The maximum Gasteiger partial charge on any atom is 0.220 e. The van der Waals surface area contributed by atoms with E-state index < -0.39 is 0 Å². The zero-order valence-corrected chi connectivity index (χ0v) is 16.1. The van der Waals surface area contributed by atoms with Crippen molar-refractivity contribution >= 4 is 5.91 Å². The highest BCUT2D eigenvalue weighted by Crippen LogP contribution is 2.25. The van der Waals surface area contributed by atoms with E-state index in [0.717, 1.165) is 48.3 Å². The minimum Gasteiger partial charge on any atom is -0.496 e. The standard InChI is InChI=1S/C23H29NO3/c1-26-22-12-5-2-8-19(22)15-16-24-23(25)14-13-18-7-6-11-21(17-18)27-20-9-3-4-10-20/h2,5-8,11-12,17,20H,3-4,9-10,13-16H2,1H3,(H,24,25). The maximum absolute atomic E-state index is 12.2. The molecule has 1 N–H and O–H groups in total. The highest BCUT2D eigenvalue weighted by atomic mass is 16.5. The number of hydrogen-bond acceptors (Lipinski definition) is 3. The zero-order valence-electron chi connectivity index (χ0n) is 16.1. The first-order valence-corrected chi connectivity index (χ1v) is 9.89. The van der Waals surface area contributed by atoms with Crippen LogP contribution in [-0.4, -0.2) is 25.7 Å². The van der Waals surface area contributed by atoms with Crippen LogP contribution in [0.4, 0.5) is 0 Å². The van der Waals surface area contributed by atoms with E-state index in [9.17, 15) is 4.79 Å². The lowest BCUT2D eigenvalue weighted by atomic mass is 10.1. The summed E-state index contributed by atoms with van der Waals surface area (Å²) in [6.07, 6.45) is 7.16. The summed E-state index contributed by atoms with van der Waals surface area (Å²) in [5.74, 6) is 1.87. The molecular weight excluding hydrogens is 338 g/mol. The predicted octanol–water partition coefficient (Wildman–Crippen LogP) is 4.31. The van der Waals surface area contributed by atoms with Crippen LogP contribution in [0.2, 0.25) is 0 Å². The molecule has 4 nitrogen and oxygen atoms in total. The van der Waals surface area contributed by atoms with Gasteiger partial charge in [0.15, 0.2) is 0 Å². The van der Waals surface area contributed by atoms with Crippen molar-refractivity contribution in [3.05, 3.63) is 59.7 Å². The van der Waals surface area contributed by atoms with Crippen LogP contribution in [0.15, 0.2) is 48.5 Å². The molecule has 1 aliphatic rings. The van der Waals surface area contributed by atoms with Gasteiger partial charge in [-0.25, -0.2) is 0 Å². The molecule has 0 heterocycles. The van der Waals surface area contributed by atoms with E-state index in [1.54, 1.807) is 7.11 Å². The Hall–Kier alpha value is -2.49. The summed E-state index contributed by atoms with van der Waals surface area (Å²) in [6.45, 7) is 0.615. The number of nitrogens with one attached hydrogen (secondary N) is 1. The van der Waals surface area contributed by atoms with E-state index in [2.05, 4.69) is 17.4 Å². The fraction of sp³-hybridized carbons (Fsp3) is 0.435. The van der Waals surface area contributed by atoms with Gasteiger partial charge in [0.25, 0.3) is 0 Å². The molecule has 0 bridgehead atoms. The first-order valence-electron chi connectivity index (χ1n) is 9.89. The van der Waals surface area contributed by atoms with Crippen LogP contribution in [0, 0.1) is 0 Å². The third-order valence-electron chi connectivity index (χ3n) is 5.05. The van der Waals surface area contributed by atoms with E-state index in [1.165, 1.54) is 12.8 Å². The van der Waals surface area contributed by atoms with E-state index in [1.807, 2.05) is 36.4 Å². The van der Waals surface area contributed by atoms with Gasteiger partial charge in [-0.1, -0.05) is 30.3 Å². The Balaban J connectivity index is 1.41. The van der Waals surface area contributed by atoms with Gasteiger partial charge in [0.1, 0.15) is 11.5 Å². The molecule has 1 fully saturated rings. The lowest BCUT2D eigenvalue weighted by molar-refractivity contribution is -0.121. The highest BCUT2D eigenvalue weighted by molar-refractivity contribution is 5.76. The van der Waals surface area contributed by atoms with Crippen molar-refractivity contribution in [3.63, 3.8) is 0 Å². The van der Waals surface area contributed by atoms with Crippen LogP contribution < -0.4 is 14.8 Å². The Kier molecular flexibility index (Phi) is 7.14. The third-order valence-corrected chi connectivity index (χ3v) is 5.05. The number of para-hydroxylation sites is 1. The molecule has 3 rings (SSSR count). The molecule has 0 radical (unpaired) electrons. The molecule has 2 aromatic carbocycles. The number of carbonyl (C=O) groups is 1. The molecule has 1 aliphatic carbocycles. The molecule has 0 atom stereocenters. The summed E-state index contributed by atoms with van der Waals surface area (Å²) in [6, 6.07) is 16.1. The number of aryl methyl sites for hydroxylation is 1. The third kappa shape index (κ3) is 6.02. The predicted molar refractivity (Wildman–Crippen MR) is 107 cm³/mol. The van der Waals surface area contributed by atoms with Crippen molar-refractivity contribution in [2.24, 2.45) is 0 Å². The average Bonchev–Trinajstić information content (AvgIpc) is 3.20. The van der Waals surface area contributed by atoms with Gasteiger partial charge in [-0.2, -0.15) is 0 Å². The number of ether oxygens (including phenoxy) is 2. The Bertz CT molecular complexity index is 738. The van der Waals surface area contributed by atoms with Crippen molar-refractivity contribution in [1.29, 1.82) is 0 Å². The van der Waals surface area contributed by atoms with Crippen LogP contribution in [0.1, 0.15) is 43.2 Å². The first-order chi connectivity index (χ1) is 13.2. The number of methoxy groups -OCH3 is 1. The number of benzene rings is 2. The van der Waals surface area contributed by atoms with Crippen molar-refractivity contribution in [1.82, 2.24) is 5.32 Å². The second kappa shape index (κ2) is 10.0. The topological polar surface area (TPSA) is 47.6 Å². The summed E-state index contributed by atoms with van der Waals surface area (Å²) in [4.78, 5) is 12.2. The minimum atomic E-state index is 0.0759. The van der Waals surface area contributed by atoms with Crippen molar-refractivity contribution in [2.75, 3.05) is 13.7 Å². The molecule has 144 valence electrons. The average molecular weight is 367 g/mol. The largest absolute Gasteiger partial charge is 0.496 e. The lowest BCUT2D eigenvalue weighted by Crippen LogP contribution is -2.26. The van der Waals surface area contributed by atoms with Gasteiger partial charge in [0, 0.05) is 13.0 Å². The molecule has 1 amide bonds. The van der Waals surface area contributed by atoms with Crippen LogP contribution in [0.25, 0.3) is 0 Å². The summed E-state index contributed by atoms with van der Waals surface area (Å²) in [5.41, 5.74) is 2.25. The molecule has 0 saturated heterocycles. The van der Waals surface area contributed by atoms with Gasteiger partial charge in [0.2, 0.25) is 5.91 Å². The molecule has 0 unspecified atom stereocenters. The van der Waals surface area contributed by atoms with Gasteiger partial charge in [-0.3, -0.25) is 4.79 Å². The number of rotatable bonds is 9. The fourth-order valence-corrected chi connectivity index (χ4v) is 3.57. The molecule has 0 aromatic heterocycles. The van der Waals surface area contributed by atoms with Gasteiger partial charge in [-0.05, 0) is 67.9 Å². The summed E-state index contributed by atoms with van der Waals surface area (Å²) in [7, 11) is 1.67.